The molecule has 100 valence electrons. The van der Waals surface area contributed by atoms with Gasteiger partial charge in [0.25, 0.3) is 5.91 Å². The third kappa shape index (κ3) is 4.26. The Kier molecular flexibility index (Phi) is 5.54. The molecule has 0 aliphatic rings. The van der Waals surface area contributed by atoms with Crippen LogP contribution in [0.15, 0.2) is 6.07 Å². The highest BCUT2D eigenvalue weighted by Gasteiger charge is 2.15. The minimum Gasteiger partial charge on any atom is -0.349 e. The van der Waals surface area contributed by atoms with E-state index in [4.69, 9.17) is 11.6 Å². The van der Waals surface area contributed by atoms with E-state index in [-0.39, 0.29) is 17.3 Å². The van der Waals surface area contributed by atoms with Gasteiger partial charge >= 0.3 is 0 Å². The van der Waals surface area contributed by atoms with E-state index < -0.39 is 0 Å². The highest BCUT2D eigenvalue weighted by Crippen LogP contribution is 2.09. The first-order valence-electron chi connectivity index (χ1n) is 6.22. The zero-order valence-electron chi connectivity index (χ0n) is 11.3. The molecule has 0 radical (unpaired) electrons. The summed E-state index contributed by atoms with van der Waals surface area (Å²) < 4.78 is 0. The third-order valence-corrected chi connectivity index (χ3v) is 2.81. The van der Waals surface area contributed by atoms with Gasteiger partial charge in [-0.3, -0.25) is 4.79 Å². The molecule has 0 fully saturated rings. The number of rotatable bonds is 5. The Morgan fingerprint density at radius 2 is 2.11 bits per heavy atom. The van der Waals surface area contributed by atoms with Crippen LogP contribution in [-0.4, -0.2) is 27.5 Å². The Balaban J connectivity index is 2.80. The summed E-state index contributed by atoms with van der Waals surface area (Å²) in [6.45, 7) is 7.65. The summed E-state index contributed by atoms with van der Waals surface area (Å²) in [5.74, 6) is -0.102. The minimum absolute atomic E-state index is 0.0446. The van der Waals surface area contributed by atoms with Gasteiger partial charge in [0, 0.05) is 11.4 Å². The number of nitrogens with one attached hydrogen (secondary N) is 1. The number of aromatic nitrogens is 2. The average Bonchev–Trinajstić information content (AvgIpc) is 2.27. The van der Waals surface area contributed by atoms with Crippen molar-refractivity contribution in [2.75, 3.05) is 0 Å². The Bertz CT molecular complexity index is 421. The topological polar surface area (TPSA) is 54.9 Å². The molecule has 0 aromatic carbocycles. The second-order valence-electron chi connectivity index (χ2n) is 4.59. The number of hydrogen-bond acceptors (Lipinski definition) is 3. The average molecular weight is 270 g/mol. The highest BCUT2D eigenvalue weighted by molar-refractivity contribution is 6.20. The zero-order valence-corrected chi connectivity index (χ0v) is 12.1. The van der Waals surface area contributed by atoms with Gasteiger partial charge in [-0.25, -0.2) is 0 Å². The van der Waals surface area contributed by atoms with Crippen molar-refractivity contribution < 1.29 is 4.79 Å². The number of alkyl halides is 1. The van der Waals surface area contributed by atoms with E-state index in [1.54, 1.807) is 6.07 Å². The highest BCUT2D eigenvalue weighted by atomic mass is 35.5. The molecule has 0 saturated heterocycles. The van der Waals surface area contributed by atoms with E-state index in [0.29, 0.717) is 12.0 Å². The predicted molar refractivity (Wildman–Crippen MR) is 73.0 cm³/mol. The number of halogens is 1. The van der Waals surface area contributed by atoms with Crippen molar-refractivity contribution in [2.45, 2.75) is 52.0 Å². The van der Waals surface area contributed by atoms with Gasteiger partial charge in [-0.1, -0.05) is 6.92 Å². The molecule has 5 heteroatoms. The Morgan fingerprint density at radius 1 is 1.44 bits per heavy atom. The second kappa shape index (κ2) is 6.69. The molecule has 2 unspecified atom stereocenters. The van der Waals surface area contributed by atoms with Crippen LogP contribution in [0.25, 0.3) is 0 Å². The van der Waals surface area contributed by atoms with Crippen molar-refractivity contribution in [3.63, 3.8) is 0 Å². The lowest BCUT2D eigenvalue weighted by Gasteiger charge is -2.16. The number of carbonyl (C=O) groups excluding carboxylic acids is 1. The monoisotopic (exact) mass is 269 g/mol. The van der Waals surface area contributed by atoms with Crippen LogP contribution in [-0.2, 0) is 6.42 Å². The molecule has 18 heavy (non-hydrogen) atoms. The molecule has 1 N–H and O–H groups in total. The zero-order chi connectivity index (χ0) is 13.7. The maximum Gasteiger partial charge on any atom is 0.253 e. The molecule has 1 aromatic heterocycles. The van der Waals surface area contributed by atoms with Crippen LogP contribution in [0.4, 0.5) is 0 Å². The molecule has 1 aromatic rings. The summed E-state index contributed by atoms with van der Waals surface area (Å²) in [5.41, 5.74) is 2.08. The minimum atomic E-state index is -0.102. The van der Waals surface area contributed by atoms with Gasteiger partial charge in [0.15, 0.2) is 0 Å². The van der Waals surface area contributed by atoms with Crippen LogP contribution >= 0.6 is 11.6 Å². The van der Waals surface area contributed by atoms with Crippen LogP contribution in [0.3, 0.4) is 0 Å². The van der Waals surface area contributed by atoms with Crippen LogP contribution < -0.4 is 5.32 Å². The summed E-state index contributed by atoms with van der Waals surface area (Å²) in [4.78, 5) is 12.1. The van der Waals surface area contributed by atoms with Crippen LogP contribution in [0.1, 0.15) is 48.9 Å². The quantitative estimate of drug-likeness (QED) is 0.836. The first kappa shape index (κ1) is 14.9. The van der Waals surface area contributed by atoms with Crippen molar-refractivity contribution in [3.05, 3.63) is 23.0 Å². The normalized spacial score (nSPS) is 14.1. The molecule has 2 atom stereocenters. The van der Waals surface area contributed by atoms with Gasteiger partial charge in [0.2, 0.25) is 0 Å². The van der Waals surface area contributed by atoms with E-state index >= 15 is 0 Å². The molecule has 0 aliphatic carbocycles. The molecule has 1 amide bonds. The fourth-order valence-electron chi connectivity index (χ4n) is 1.82. The van der Waals surface area contributed by atoms with Crippen molar-refractivity contribution in [2.24, 2.45) is 0 Å². The largest absolute Gasteiger partial charge is 0.349 e. The summed E-state index contributed by atoms with van der Waals surface area (Å²) >= 11 is 5.91. The number of aryl methyl sites for hydroxylation is 2. The molecule has 1 heterocycles. The molecule has 4 nitrogen and oxygen atoms in total. The summed E-state index contributed by atoms with van der Waals surface area (Å²) in [6.07, 6.45) is 1.43. The second-order valence-corrected chi connectivity index (χ2v) is 5.34. The number of amides is 1. The van der Waals surface area contributed by atoms with Crippen LogP contribution in [0.5, 0.6) is 0 Å². The van der Waals surface area contributed by atoms with Crippen LogP contribution in [0.2, 0.25) is 0 Å². The van der Waals surface area contributed by atoms with Crippen LogP contribution in [0, 0.1) is 6.92 Å². The Hall–Kier alpha value is -1.16. The van der Waals surface area contributed by atoms with E-state index in [9.17, 15) is 4.79 Å². The van der Waals surface area contributed by atoms with Crippen molar-refractivity contribution in [3.8, 4) is 0 Å². The number of nitrogens with zero attached hydrogens (tertiary/aromatic N) is 2. The van der Waals surface area contributed by atoms with E-state index in [2.05, 4.69) is 15.5 Å². The van der Waals surface area contributed by atoms with Gasteiger partial charge in [-0.05, 0) is 39.7 Å². The lowest BCUT2D eigenvalue weighted by atomic mass is 10.1. The summed E-state index contributed by atoms with van der Waals surface area (Å²) in [7, 11) is 0. The Labute approximate surface area is 113 Å². The number of hydrogen-bond donors (Lipinski definition) is 1. The molecule has 0 bridgehead atoms. The van der Waals surface area contributed by atoms with Crippen molar-refractivity contribution >= 4 is 17.5 Å². The summed E-state index contributed by atoms with van der Waals surface area (Å²) in [6, 6.07) is 1.82. The maximum atomic E-state index is 12.1. The third-order valence-electron chi connectivity index (χ3n) is 2.63. The molecule has 0 saturated carbocycles. The van der Waals surface area contributed by atoms with Gasteiger partial charge < -0.3 is 5.32 Å². The molecule has 1 rings (SSSR count). The fraction of sp³-hybridized carbons (Fsp3) is 0.615. The standard InChI is InChI=1S/C13H20ClN3O/c1-5-12-11(7-10(4)16-17-12)13(18)15-9(3)6-8(2)14/h7-9H,5-6H2,1-4H3,(H,15,18). The van der Waals surface area contributed by atoms with Gasteiger partial charge in [-0.2, -0.15) is 10.2 Å². The lowest BCUT2D eigenvalue weighted by Crippen LogP contribution is -2.34. The van der Waals surface area contributed by atoms with Gasteiger partial charge in [0.1, 0.15) is 0 Å². The molecule has 0 aliphatic heterocycles. The predicted octanol–water partition coefficient (Wildman–Crippen LogP) is 2.48. The molecule has 0 spiro atoms. The fourth-order valence-corrected chi connectivity index (χ4v) is 2.09. The number of carbonyl (C=O) groups is 1. The first-order valence-corrected chi connectivity index (χ1v) is 6.65. The smallest absolute Gasteiger partial charge is 0.253 e. The van der Waals surface area contributed by atoms with Crippen molar-refractivity contribution in [1.29, 1.82) is 0 Å². The molecular weight excluding hydrogens is 250 g/mol. The van der Waals surface area contributed by atoms with Crippen molar-refractivity contribution in [1.82, 2.24) is 15.5 Å². The molecular formula is C13H20ClN3O. The lowest BCUT2D eigenvalue weighted by molar-refractivity contribution is 0.0937. The van der Waals surface area contributed by atoms with Gasteiger partial charge in [0.05, 0.1) is 17.0 Å². The van der Waals surface area contributed by atoms with E-state index in [1.807, 2.05) is 27.7 Å². The Morgan fingerprint density at radius 3 is 2.67 bits per heavy atom. The maximum absolute atomic E-state index is 12.1. The SMILES string of the molecule is CCc1nnc(C)cc1C(=O)NC(C)CC(C)Cl. The first-order chi connectivity index (χ1) is 8.43. The summed E-state index contributed by atoms with van der Waals surface area (Å²) in [5, 5.41) is 11.0. The van der Waals surface area contributed by atoms with Gasteiger partial charge in [-0.15, -0.1) is 11.6 Å². The van der Waals surface area contributed by atoms with E-state index in [0.717, 1.165) is 17.8 Å². The van der Waals surface area contributed by atoms with E-state index in [1.165, 1.54) is 0 Å².